The number of benzene rings is 1. The Balaban J connectivity index is 1.79. The molecule has 1 fully saturated rings. The number of rotatable bonds is 5. The number of nitrogens with one attached hydrogen (secondary N) is 3. The molecule has 8 heteroatoms. The summed E-state index contributed by atoms with van der Waals surface area (Å²) in [5.41, 5.74) is 1.91. The Hall–Kier alpha value is -2.74. The van der Waals surface area contributed by atoms with Crippen molar-refractivity contribution in [2.24, 2.45) is 0 Å². The van der Waals surface area contributed by atoms with Gasteiger partial charge in [-0.2, -0.15) is 0 Å². The Labute approximate surface area is 152 Å². The molecule has 3 rings (SSSR count). The van der Waals surface area contributed by atoms with Crippen molar-refractivity contribution in [2.45, 2.75) is 32.7 Å². The van der Waals surface area contributed by atoms with Crippen molar-refractivity contribution in [1.29, 1.82) is 0 Å². The fourth-order valence-corrected chi connectivity index (χ4v) is 3.18. The summed E-state index contributed by atoms with van der Waals surface area (Å²) >= 11 is 0. The van der Waals surface area contributed by atoms with Gasteiger partial charge in [-0.1, -0.05) is 17.3 Å². The van der Waals surface area contributed by atoms with E-state index >= 15 is 0 Å². The van der Waals surface area contributed by atoms with E-state index in [9.17, 15) is 9.59 Å². The molecule has 0 radical (unpaired) electrons. The van der Waals surface area contributed by atoms with Crippen molar-refractivity contribution < 1.29 is 9.59 Å². The van der Waals surface area contributed by atoms with Gasteiger partial charge in [0, 0.05) is 6.54 Å². The first-order valence-electron chi connectivity index (χ1n) is 8.93. The summed E-state index contributed by atoms with van der Waals surface area (Å²) in [6.45, 7) is 6.09. The zero-order valence-corrected chi connectivity index (χ0v) is 15.1. The number of nitrogens with zero attached hydrogens (tertiary/aromatic N) is 3. The standard InChI is InChI=1S/C18H24N6O2/c1-3-20-17(25)14-6-4-5-7-15(14)21-18(26)16-12(2)24(23-22-16)13-8-10-19-11-9-13/h4-7,13,19H,3,8-11H2,1-2H3,(H,20,25)(H,21,26). The first-order valence-corrected chi connectivity index (χ1v) is 8.93. The molecule has 1 aromatic carbocycles. The number of para-hydroxylation sites is 1. The normalized spacial score (nSPS) is 14.8. The van der Waals surface area contributed by atoms with Crippen LogP contribution in [0.3, 0.4) is 0 Å². The highest BCUT2D eigenvalue weighted by Gasteiger charge is 2.23. The Kier molecular flexibility index (Phi) is 5.62. The van der Waals surface area contributed by atoms with Crippen LogP contribution in [0.25, 0.3) is 0 Å². The zero-order valence-electron chi connectivity index (χ0n) is 15.1. The minimum atomic E-state index is -0.362. The minimum absolute atomic E-state index is 0.224. The SMILES string of the molecule is CCNC(=O)c1ccccc1NC(=O)c1nnn(C2CCNCC2)c1C. The maximum Gasteiger partial charge on any atom is 0.278 e. The van der Waals surface area contributed by atoms with E-state index in [1.807, 2.05) is 18.5 Å². The minimum Gasteiger partial charge on any atom is -0.352 e. The largest absolute Gasteiger partial charge is 0.352 e. The quantitative estimate of drug-likeness (QED) is 0.754. The highest BCUT2D eigenvalue weighted by molar-refractivity contribution is 6.08. The third kappa shape index (κ3) is 3.75. The van der Waals surface area contributed by atoms with Gasteiger partial charge in [0.15, 0.2) is 5.69 Å². The van der Waals surface area contributed by atoms with E-state index in [0.29, 0.717) is 17.8 Å². The smallest absolute Gasteiger partial charge is 0.278 e. The molecule has 2 amide bonds. The van der Waals surface area contributed by atoms with Crippen molar-refractivity contribution in [2.75, 3.05) is 25.0 Å². The lowest BCUT2D eigenvalue weighted by Gasteiger charge is -2.23. The average molecular weight is 356 g/mol. The summed E-state index contributed by atoms with van der Waals surface area (Å²) in [6.07, 6.45) is 1.93. The number of piperidine rings is 1. The van der Waals surface area contributed by atoms with Crippen molar-refractivity contribution >= 4 is 17.5 Å². The van der Waals surface area contributed by atoms with Gasteiger partial charge in [-0.3, -0.25) is 9.59 Å². The summed E-state index contributed by atoms with van der Waals surface area (Å²) in [6, 6.07) is 7.18. The van der Waals surface area contributed by atoms with Gasteiger partial charge in [-0.25, -0.2) is 4.68 Å². The summed E-state index contributed by atoms with van der Waals surface area (Å²) in [5.74, 6) is -0.585. The summed E-state index contributed by atoms with van der Waals surface area (Å²) in [7, 11) is 0. The van der Waals surface area contributed by atoms with E-state index in [4.69, 9.17) is 0 Å². The first kappa shape index (κ1) is 18.1. The van der Waals surface area contributed by atoms with Crippen LogP contribution in [0.15, 0.2) is 24.3 Å². The average Bonchev–Trinajstić information content (AvgIpc) is 3.04. The molecule has 1 aromatic heterocycles. The monoisotopic (exact) mass is 356 g/mol. The molecule has 0 aliphatic carbocycles. The van der Waals surface area contributed by atoms with Crippen LogP contribution in [-0.2, 0) is 0 Å². The topological polar surface area (TPSA) is 101 Å². The number of aromatic nitrogens is 3. The molecule has 0 atom stereocenters. The van der Waals surface area contributed by atoms with Crippen molar-refractivity contribution in [3.05, 3.63) is 41.2 Å². The fraction of sp³-hybridized carbons (Fsp3) is 0.444. The molecule has 2 aromatic rings. The molecular formula is C18H24N6O2. The highest BCUT2D eigenvalue weighted by Crippen LogP contribution is 2.21. The van der Waals surface area contributed by atoms with Gasteiger partial charge >= 0.3 is 0 Å². The van der Waals surface area contributed by atoms with E-state index in [-0.39, 0.29) is 23.6 Å². The van der Waals surface area contributed by atoms with Gasteiger partial charge in [0.25, 0.3) is 11.8 Å². The molecule has 1 aliphatic rings. The predicted molar refractivity (Wildman–Crippen MR) is 98.3 cm³/mol. The van der Waals surface area contributed by atoms with Crippen LogP contribution in [0.4, 0.5) is 5.69 Å². The third-order valence-electron chi connectivity index (χ3n) is 4.55. The van der Waals surface area contributed by atoms with Crippen molar-refractivity contribution in [3.8, 4) is 0 Å². The van der Waals surface area contributed by atoms with Gasteiger partial charge in [-0.05, 0) is 51.9 Å². The molecule has 8 nitrogen and oxygen atoms in total. The fourth-order valence-electron chi connectivity index (χ4n) is 3.18. The van der Waals surface area contributed by atoms with Crippen LogP contribution in [0, 0.1) is 6.92 Å². The van der Waals surface area contributed by atoms with Crippen LogP contribution in [-0.4, -0.2) is 46.4 Å². The summed E-state index contributed by atoms with van der Waals surface area (Å²) < 4.78 is 1.84. The molecule has 1 aliphatic heterocycles. The van der Waals surface area contributed by atoms with Crippen molar-refractivity contribution in [3.63, 3.8) is 0 Å². The maximum atomic E-state index is 12.7. The van der Waals surface area contributed by atoms with E-state index in [1.54, 1.807) is 24.3 Å². The Morgan fingerprint density at radius 3 is 2.69 bits per heavy atom. The Morgan fingerprint density at radius 1 is 1.23 bits per heavy atom. The zero-order chi connectivity index (χ0) is 18.5. The lowest BCUT2D eigenvalue weighted by atomic mass is 10.1. The van der Waals surface area contributed by atoms with Crippen molar-refractivity contribution in [1.82, 2.24) is 25.6 Å². The number of hydrogen-bond donors (Lipinski definition) is 3. The number of hydrogen-bond acceptors (Lipinski definition) is 5. The van der Waals surface area contributed by atoms with E-state index in [1.165, 1.54) is 0 Å². The van der Waals surface area contributed by atoms with Gasteiger partial charge in [0.05, 0.1) is 23.0 Å². The maximum absolute atomic E-state index is 12.7. The van der Waals surface area contributed by atoms with Gasteiger partial charge < -0.3 is 16.0 Å². The molecule has 3 N–H and O–H groups in total. The molecular weight excluding hydrogens is 332 g/mol. The molecule has 2 heterocycles. The Bertz CT molecular complexity index is 795. The lowest BCUT2D eigenvalue weighted by Crippen LogP contribution is -2.30. The van der Waals surface area contributed by atoms with Gasteiger partial charge in [-0.15, -0.1) is 5.10 Å². The van der Waals surface area contributed by atoms with E-state index in [2.05, 4.69) is 26.3 Å². The summed E-state index contributed by atoms with van der Waals surface area (Å²) in [4.78, 5) is 24.9. The molecule has 26 heavy (non-hydrogen) atoms. The van der Waals surface area contributed by atoms with Crippen LogP contribution < -0.4 is 16.0 Å². The molecule has 0 saturated carbocycles. The number of carbonyl (C=O) groups is 2. The van der Waals surface area contributed by atoms with E-state index < -0.39 is 0 Å². The highest BCUT2D eigenvalue weighted by atomic mass is 16.2. The number of anilines is 1. The van der Waals surface area contributed by atoms with Gasteiger partial charge in [0.1, 0.15) is 0 Å². The Morgan fingerprint density at radius 2 is 1.96 bits per heavy atom. The second-order valence-corrected chi connectivity index (χ2v) is 6.31. The van der Waals surface area contributed by atoms with E-state index in [0.717, 1.165) is 31.6 Å². The van der Waals surface area contributed by atoms with Gasteiger partial charge in [0.2, 0.25) is 0 Å². The van der Waals surface area contributed by atoms with Crippen LogP contribution in [0.1, 0.15) is 52.3 Å². The molecule has 0 spiro atoms. The predicted octanol–water partition coefficient (Wildman–Crippen LogP) is 1.51. The number of carbonyl (C=O) groups excluding carboxylic acids is 2. The molecule has 0 bridgehead atoms. The molecule has 138 valence electrons. The second kappa shape index (κ2) is 8.09. The third-order valence-corrected chi connectivity index (χ3v) is 4.55. The first-order chi connectivity index (χ1) is 12.6. The van der Waals surface area contributed by atoms with Crippen LogP contribution >= 0.6 is 0 Å². The second-order valence-electron chi connectivity index (χ2n) is 6.31. The van der Waals surface area contributed by atoms with Crippen LogP contribution in [0.2, 0.25) is 0 Å². The van der Waals surface area contributed by atoms with Crippen LogP contribution in [0.5, 0.6) is 0 Å². The summed E-state index contributed by atoms with van der Waals surface area (Å²) in [5, 5.41) is 17.1. The molecule has 1 saturated heterocycles. The molecule has 0 unspecified atom stereocenters. The number of amides is 2. The lowest BCUT2D eigenvalue weighted by molar-refractivity contribution is 0.0956.